The van der Waals surface area contributed by atoms with Crippen LogP contribution in [0, 0.1) is 17.0 Å². The van der Waals surface area contributed by atoms with Crippen LogP contribution in [-0.2, 0) is 14.8 Å². The zero-order valence-corrected chi connectivity index (χ0v) is 12.2. The van der Waals surface area contributed by atoms with E-state index in [-0.39, 0.29) is 36.9 Å². The van der Waals surface area contributed by atoms with Crippen molar-refractivity contribution >= 4 is 21.6 Å². The van der Waals surface area contributed by atoms with Crippen molar-refractivity contribution in [3.63, 3.8) is 0 Å². The van der Waals surface area contributed by atoms with Gasteiger partial charge in [-0.15, -0.1) is 0 Å². The van der Waals surface area contributed by atoms with Crippen LogP contribution >= 0.6 is 0 Å². The summed E-state index contributed by atoms with van der Waals surface area (Å²) >= 11 is 0. The molecule has 2 rings (SSSR count). The molecule has 1 aliphatic heterocycles. The van der Waals surface area contributed by atoms with Crippen LogP contribution in [0.15, 0.2) is 23.1 Å². The molecule has 1 aliphatic rings. The second kappa shape index (κ2) is 5.78. The molecule has 21 heavy (non-hydrogen) atoms. The van der Waals surface area contributed by atoms with Crippen molar-refractivity contribution in [1.82, 2.24) is 9.62 Å². The van der Waals surface area contributed by atoms with Gasteiger partial charge in [0, 0.05) is 32.1 Å². The highest BCUT2D eigenvalue weighted by Gasteiger charge is 2.34. The third-order valence-corrected chi connectivity index (χ3v) is 5.35. The van der Waals surface area contributed by atoms with Crippen LogP contribution in [0.1, 0.15) is 12.0 Å². The molecule has 0 spiro atoms. The average Bonchev–Trinajstić information content (AvgIpc) is 2.63. The lowest BCUT2D eigenvalue weighted by Crippen LogP contribution is -2.35. The van der Waals surface area contributed by atoms with Gasteiger partial charge < -0.3 is 5.32 Å². The van der Waals surface area contributed by atoms with Crippen LogP contribution in [0.2, 0.25) is 0 Å². The third kappa shape index (κ3) is 3.03. The third-order valence-electron chi connectivity index (χ3n) is 3.26. The summed E-state index contributed by atoms with van der Waals surface area (Å²) in [6, 6.07) is 4.13. The molecule has 1 heterocycles. The van der Waals surface area contributed by atoms with E-state index in [1.807, 2.05) is 0 Å². The van der Waals surface area contributed by atoms with Gasteiger partial charge in [-0.3, -0.25) is 14.9 Å². The van der Waals surface area contributed by atoms with Gasteiger partial charge in [-0.05, 0) is 12.5 Å². The van der Waals surface area contributed by atoms with Crippen molar-refractivity contribution in [2.45, 2.75) is 18.2 Å². The van der Waals surface area contributed by atoms with Crippen LogP contribution in [0.25, 0.3) is 0 Å². The van der Waals surface area contributed by atoms with Gasteiger partial charge in [-0.1, -0.05) is 12.1 Å². The van der Waals surface area contributed by atoms with Crippen molar-refractivity contribution in [2.24, 2.45) is 0 Å². The molecule has 0 unspecified atom stereocenters. The van der Waals surface area contributed by atoms with Crippen molar-refractivity contribution in [1.29, 1.82) is 0 Å². The van der Waals surface area contributed by atoms with Gasteiger partial charge >= 0.3 is 0 Å². The summed E-state index contributed by atoms with van der Waals surface area (Å²) in [5.74, 6) is -0.230. The van der Waals surface area contributed by atoms with E-state index in [2.05, 4.69) is 5.32 Å². The number of rotatable bonds is 3. The van der Waals surface area contributed by atoms with E-state index in [4.69, 9.17) is 0 Å². The molecular formula is C12H15N3O5S. The molecule has 1 amide bonds. The molecule has 0 bridgehead atoms. The lowest BCUT2D eigenvalue weighted by atomic mass is 10.2. The van der Waals surface area contributed by atoms with E-state index in [0.717, 1.165) is 4.31 Å². The normalized spacial score (nSPS) is 17.1. The second-order valence-electron chi connectivity index (χ2n) is 4.68. The zero-order chi connectivity index (χ0) is 15.6. The molecule has 9 heteroatoms. The predicted octanol–water partition coefficient (Wildman–Crippen LogP) is 0.414. The molecule has 1 N–H and O–H groups in total. The van der Waals surface area contributed by atoms with Gasteiger partial charge in [0.15, 0.2) is 4.90 Å². The average molecular weight is 313 g/mol. The number of carbonyl (C=O) groups is 1. The number of hydrogen-bond acceptors (Lipinski definition) is 5. The first kappa shape index (κ1) is 15.4. The van der Waals surface area contributed by atoms with Crippen molar-refractivity contribution in [3.8, 4) is 0 Å². The number of nitro groups is 1. The monoisotopic (exact) mass is 313 g/mol. The maximum absolute atomic E-state index is 12.7. The fourth-order valence-corrected chi connectivity index (χ4v) is 4.04. The molecule has 1 fully saturated rings. The number of nitrogens with zero attached hydrogens (tertiary/aromatic N) is 2. The number of sulfonamides is 1. The van der Waals surface area contributed by atoms with Crippen molar-refractivity contribution in [3.05, 3.63) is 33.9 Å². The molecule has 1 aromatic carbocycles. The first-order valence-corrected chi connectivity index (χ1v) is 7.79. The molecule has 1 aromatic rings. The Labute approximate surface area is 122 Å². The quantitative estimate of drug-likeness (QED) is 0.642. The van der Waals surface area contributed by atoms with Gasteiger partial charge in [0.2, 0.25) is 15.9 Å². The number of amides is 1. The minimum Gasteiger partial charge on any atom is -0.355 e. The Kier molecular flexibility index (Phi) is 4.24. The molecular weight excluding hydrogens is 298 g/mol. The maximum Gasteiger partial charge on any atom is 0.289 e. The summed E-state index contributed by atoms with van der Waals surface area (Å²) in [6.45, 7) is 1.82. The fourth-order valence-electron chi connectivity index (χ4n) is 2.23. The van der Waals surface area contributed by atoms with Gasteiger partial charge in [-0.2, -0.15) is 4.31 Å². The SMILES string of the molecule is Cc1cccc([N+](=O)[O-])c1S(=O)(=O)N1CCNC(=O)CC1. The Balaban J connectivity index is 2.49. The predicted molar refractivity (Wildman–Crippen MR) is 74.2 cm³/mol. The van der Waals surface area contributed by atoms with Gasteiger partial charge in [0.1, 0.15) is 0 Å². The summed E-state index contributed by atoms with van der Waals surface area (Å²) in [5.41, 5.74) is -0.133. The van der Waals surface area contributed by atoms with Crippen LogP contribution in [0.5, 0.6) is 0 Å². The largest absolute Gasteiger partial charge is 0.355 e. The van der Waals surface area contributed by atoms with Gasteiger partial charge in [0.05, 0.1) is 4.92 Å². The van der Waals surface area contributed by atoms with Crippen LogP contribution < -0.4 is 5.32 Å². The number of aryl methyl sites for hydroxylation is 1. The highest BCUT2D eigenvalue weighted by atomic mass is 32.2. The standard InChI is InChI=1S/C12H15N3O5S/c1-9-3-2-4-10(15(17)18)12(9)21(19,20)14-7-5-11(16)13-6-8-14/h2-4H,5-8H2,1H3,(H,13,16). The Morgan fingerprint density at radius 3 is 2.71 bits per heavy atom. The smallest absolute Gasteiger partial charge is 0.289 e. The molecule has 114 valence electrons. The first-order valence-electron chi connectivity index (χ1n) is 6.35. The summed E-state index contributed by atoms with van der Waals surface area (Å²) < 4.78 is 26.5. The zero-order valence-electron chi connectivity index (χ0n) is 11.4. The maximum atomic E-state index is 12.7. The number of benzene rings is 1. The summed E-state index contributed by atoms with van der Waals surface area (Å²) in [4.78, 5) is 21.4. The second-order valence-corrected chi connectivity index (χ2v) is 6.56. The minimum absolute atomic E-state index is 0.0135. The van der Waals surface area contributed by atoms with E-state index in [0.29, 0.717) is 5.56 Å². The lowest BCUT2D eigenvalue weighted by molar-refractivity contribution is -0.387. The Morgan fingerprint density at radius 2 is 2.05 bits per heavy atom. The highest BCUT2D eigenvalue weighted by Crippen LogP contribution is 2.29. The molecule has 1 saturated heterocycles. The number of carbonyl (C=O) groups excluding carboxylic acids is 1. The van der Waals surface area contributed by atoms with Crippen molar-refractivity contribution in [2.75, 3.05) is 19.6 Å². The summed E-state index contributed by atoms with van der Waals surface area (Å²) in [5, 5.41) is 13.7. The van der Waals surface area contributed by atoms with Crippen LogP contribution in [0.4, 0.5) is 5.69 Å². The molecule has 8 nitrogen and oxygen atoms in total. The first-order chi connectivity index (χ1) is 9.84. The molecule has 0 aliphatic carbocycles. The Hall–Kier alpha value is -2.00. The van der Waals surface area contributed by atoms with E-state index in [1.165, 1.54) is 25.1 Å². The van der Waals surface area contributed by atoms with Crippen molar-refractivity contribution < 1.29 is 18.1 Å². The van der Waals surface area contributed by atoms with E-state index in [1.54, 1.807) is 0 Å². The summed E-state index contributed by atoms with van der Waals surface area (Å²) in [6.07, 6.45) is 0.0406. The molecule has 0 saturated carbocycles. The van der Waals surface area contributed by atoms with Gasteiger partial charge in [0.25, 0.3) is 5.69 Å². The number of hydrogen-bond donors (Lipinski definition) is 1. The van der Waals surface area contributed by atoms with Gasteiger partial charge in [-0.25, -0.2) is 8.42 Å². The van der Waals surface area contributed by atoms with Crippen LogP contribution in [0.3, 0.4) is 0 Å². The van der Waals surface area contributed by atoms with E-state index in [9.17, 15) is 23.3 Å². The summed E-state index contributed by atoms with van der Waals surface area (Å²) in [7, 11) is -4.02. The number of nitro benzene ring substituents is 1. The number of nitrogens with one attached hydrogen (secondary N) is 1. The molecule has 0 aromatic heterocycles. The lowest BCUT2D eigenvalue weighted by Gasteiger charge is -2.20. The fraction of sp³-hybridized carbons (Fsp3) is 0.417. The highest BCUT2D eigenvalue weighted by molar-refractivity contribution is 7.89. The molecule has 0 radical (unpaired) electrons. The molecule has 0 atom stereocenters. The van der Waals surface area contributed by atoms with E-state index >= 15 is 0 Å². The van der Waals surface area contributed by atoms with Crippen LogP contribution in [-0.4, -0.2) is 43.2 Å². The minimum atomic E-state index is -4.02. The Bertz CT molecular complexity index is 686. The Morgan fingerprint density at radius 1 is 1.33 bits per heavy atom. The van der Waals surface area contributed by atoms with E-state index < -0.39 is 20.6 Å². The topological polar surface area (TPSA) is 110 Å².